The first-order chi connectivity index (χ1) is 23.2. The maximum atomic E-state index is 12.1. The Balaban J connectivity index is 1.13. The van der Waals surface area contributed by atoms with Crippen molar-refractivity contribution < 1.29 is 14.6 Å². The highest BCUT2D eigenvalue weighted by Crippen LogP contribution is 2.33. The molecule has 3 aromatic carbocycles. The number of nitrogens with one attached hydrogen (secondary N) is 1. The average Bonchev–Trinajstić information content (AvgIpc) is 3.44. The molecule has 0 bridgehead atoms. The molecule has 6 rings (SSSR count). The number of aliphatic hydroxyl groups excluding tert-OH is 1. The summed E-state index contributed by atoms with van der Waals surface area (Å²) in [5.74, 6) is 0. The Kier molecular flexibility index (Phi) is 11.4. The van der Waals surface area contributed by atoms with E-state index in [2.05, 4.69) is 47.5 Å². The van der Waals surface area contributed by atoms with Crippen LogP contribution in [0.4, 0.5) is 4.79 Å². The fourth-order valence-electron chi connectivity index (χ4n) is 6.59. The van der Waals surface area contributed by atoms with E-state index in [0.29, 0.717) is 50.8 Å². The van der Waals surface area contributed by atoms with Gasteiger partial charge in [-0.25, -0.2) is 4.79 Å². The molecule has 0 saturated carbocycles. The number of primary amides is 1. The third-order valence-electron chi connectivity index (χ3n) is 9.38. The summed E-state index contributed by atoms with van der Waals surface area (Å²) < 4.78 is 7.49. The minimum absolute atomic E-state index is 0.257. The lowest BCUT2D eigenvalue weighted by Gasteiger charge is -2.34. The molecule has 0 radical (unpaired) electrons. The standard InChI is InChI=1S/C37H44Cl2N6O3/c1-25-24-48-17-16-43(25)21-32(46)22-45-35-14-15-44(37(40)47)23-33(35)36(42-45)30-10-13-34(39)29(18-30)9-6-26-2-4-27(5-3-26)19-41-20-28-7-11-31(38)12-8-28/h2-5,7-8,10-13,18,25,32,41,46H,6,9,14-17,19-24H2,1H3,(H2,40,47)/t25-,32+/m0/s1. The fourth-order valence-corrected chi connectivity index (χ4v) is 6.93. The first-order valence-electron chi connectivity index (χ1n) is 16.7. The van der Waals surface area contributed by atoms with Crippen LogP contribution in [0, 0.1) is 0 Å². The number of nitrogens with zero attached hydrogens (tertiary/aromatic N) is 4. The monoisotopic (exact) mass is 690 g/mol. The van der Waals surface area contributed by atoms with Crippen molar-refractivity contribution >= 4 is 29.2 Å². The predicted octanol–water partition coefficient (Wildman–Crippen LogP) is 5.45. The van der Waals surface area contributed by atoms with Gasteiger partial charge in [-0.2, -0.15) is 5.10 Å². The summed E-state index contributed by atoms with van der Waals surface area (Å²) in [6.45, 7) is 7.66. The molecule has 2 atom stereocenters. The number of hydrogen-bond donors (Lipinski definition) is 3. The Labute approximate surface area is 292 Å². The van der Waals surface area contributed by atoms with Crippen molar-refractivity contribution in [1.82, 2.24) is 24.9 Å². The van der Waals surface area contributed by atoms with Gasteiger partial charge in [-0.05, 0) is 66.3 Å². The van der Waals surface area contributed by atoms with Gasteiger partial charge in [0.25, 0.3) is 0 Å². The van der Waals surface area contributed by atoms with Gasteiger partial charge < -0.3 is 25.8 Å². The summed E-state index contributed by atoms with van der Waals surface area (Å²) in [5.41, 5.74) is 14.1. The number of aliphatic hydroxyl groups is 1. The number of carbonyl (C=O) groups is 1. The SMILES string of the molecule is C[C@H]1COCCN1C[C@@H](O)Cn1nc(-c2ccc(Cl)c(CCc3ccc(CNCc4ccc(Cl)cc4)cc3)c2)c2c1CCN(C(N)=O)C2. The molecule has 4 N–H and O–H groups in total. The molecular weight excluding hydrogens is 647 g/mol. The fraction of sp³-hybridized carbons (Fsp3) is 0.405. The molecule has 0 unspecified atom stereocenters. The van der Waals surface area contributed by atoms with Crippen LogP contribution >= 0.6 is 23.2 Å². The van der Waals surface area contributed by atoms with Crippen molar-refractivity contribution in [1.29, 1.82) is 0 Å². The first kappa shape index (κ1) is 34.4. The van der Waals surface area contributed by atoms with Crippen LogP contribution in [0.3, 0.4) is 0 Å². The molecular formula is C37H44Cl2N6O3. The van der Waals surface area contributed by atoms with Gasteiger partial charge in [-0.15, -0.1) is 0 Å². The first-order valence-corrected chi connectivity index (χ1v) is 17.4. The quantitative estimate of drug-likeness (QED) is 0.183. The van der Waals surface area contributed by atoms with E-state index >= 15 is 0 Å². The van der Waals surface area contributed by atoms with Gasteiger partial charge in [0.1, 0.15) is 0 Å². The molecule has 4 aromatic rings. The Bertz CT molecular complexity index is 1690. The molecule has 1 aromatic heterocycles. The summed E-state index contributed by atoms with van der Waals surface area (Å²) in [6.07, 6.45) is 1.64. The number of amides is 2. The van der Waals surface area contributed by atoms with Crippen LogP contribution in [0.5, 0.6) is 0 Å². The zero-order valence-electron chi connectivity index (χ0n) is 27.4. The van der Waals surface area contributed by atoms with E-state index in [-0.39, 0.29) is 6.04 Å². The molecule has 1 fully saturated rings. The molecule has 2 aliphatic heterocycles. The lowest BCUT2D eigenvalue weighted by atomic mass is 9.97. The molecule has 48 heavy (non-hydrogen) atoms. The summed E-state index contributed by atoms with van der Waals surface area (Å²) in [7, 11) is 0. The van der Waals surface area contributed by atoms with Gasteiger partial charge in [0.15, 0.2) is 0 Å². The Morgan fingerprint density at radius 1 is 1.00 bits per heavy atom. The zero-order valence-corrected chi connectivity index (χ0v) is 28.9. The van der Waals surface area contributed by atoms with Gasteiger partial charge in [0.05, 0.1) is 38.1 Å². The zero-order chi connectivity index (χ0) is 33.6. The number of aromatic nitrogens is 2. The number of hydrogen-bond acceptors (Lipinski definition) is 6. The lowest BCUT2D eigenvalue weighted by molar-refractivity contribution is -0.0227. The van der Waals surface area contributed by atoms with Gasteiger partial charge in [-0.3, -0.25) is 9.58 Å². The number of halogens is 2. The average molecular weight is 692 g/mol. The summed E-state index contributed by atoms with van der Waals surface area (Å²) in [5, 5.41) is 21.1. The largest absolute Gasteiger partial charge is 0.390 e. The van der Waals surface area contributed by atoms with Crippen LogP contribution in [0.2, 0.25) is 10.0 Å². The van der Waals surface area contributed by atoms with Crippen LogP contribution in [0.1, 0.15) is 40.4 Å². The third kappa shape index (κ3) is 8.58. The van der Waals surface area contributed by atoms with E-state index in [9.17, 15) is 9.90 Å². The molecule has 11 heteroatoms. The van der Waals surface area contributed by atoms with Crippen molar-refractivity contribution in [2.24, 2.45) is 5.73 Å². The molecule has 1 saturated heterocycles. The lowest BCUT2D eigenvalue weighted by Crippen LogP contribution is -2.47. The highest BCUT2D eigenvalue weighted by atomic mass is 35.5. The number of aryl methyl sites for hydroxylation is 2. The topological polar surface area (TPSA) is 109 Å². The van der Waals surface area contributed by atoms with Crippen molar-refractivity contribution in [2.75, 3.05) is 32.8 Å². The number of fused-ring (bicyclic) bond motifs is 1. The molecule has 3 heterocycles. The van der Waals surface area contributed by atoms with Crippen LogP contribution in [0.15, 0.2) is 66.7 Å². The highest BCUT2D eigenvalue weighted by Gasteiger charge is 2.29. The summed E-state index contributed by atoms with van der Waals surface area (Å²) in [4.78, 5) is 16.1. The van der Waals surface area contributed by atoms with E-state index in [1.54, 1.807) is 4.90 Å². The van der Waals surface area contributed by atoms with Crippen LogP contribution in [-0.4, -0.2) is 75.7 Å². The number of rotatable bonds is 12. The molecule has 0 spiro atoms. The highest BCUT2D eigenvalue weighted by molar-refractivity contribution is 6.31. The van der Waals surface area contributed by atoms with Gasteiger partial charge >= 0.3 is 6.03 Å². The van der Waals surface area contributed by atoms with E-state index in [4.69, 9.17) is 38.8 Å². The van der Waals surface area contributed by atoms with Crippen LogP contribution in [-0.2, 0) is 50.2 Å². The minimum atomic E-state index is -0.594. The smallest absolute Gasteiger partial charge is 0.315 e. The van der Waals surface area contributed by atoms with E-state index in [1.807, 2.05) is 41.1 Å². The number of benzene rings is 3. The number of morpholine rings is 1. The van der Waals surface area contributed by atoms with Crippen LogP contribution < -0.4 is 11.1 Å². The van der Waals surface area contributed by atoms with Crippen LogP contribution in [0.25, 0.3) is 11.3 Å². The molecule has 0 aliphatic carbocycles. The second-order valence-corrected chi connectivity index (χ2v) is 13.7. The van der Waals surface area contributed by atoms with Crippen molar-refractivity contribution in [3.05, 3.63) is 110 Å². The molecule has 9 nitrogen and oxygen atoms in total. The number of β-amino-alcohol motifs (C(OH)–C–C–N with tert-alkyl or cyclic N) is 1. The van der Waals surface area contributed by atoms with Gasteiger partial charge in [-0.1, -0.05) is 65.7 Å². The van der Waals surface area contributed by atoms with Gasteiger partial charge in [0.2, 0.25) is 0 Å². The third-order valence-corrected chi connectivity index (χ3v) is 10.00. The van der Waals surface area contributed by atoms with Crippen molar-refractivity contribution in [3.63, 3.8) is 0 Å². The Hall–Kier alpha value is -3.44. The number of nitrogens with two attached hydrogens (primary N) is 1. The predicted molar refractivity (Wildman–Crippen MR) is 190 cm³/mol. The van der Waals surface area contributed by atoms with E-state index in [0.717, 1.165) is 65.6 Å². The summed E-state index contributed by atoms with van der Waals surface area (Å²) >= 11 is 12.7. The number of carbonyl (C=O) groups excluding carboxylic acids is 1. The van der Waals surface area contributed by atoms with Crippen molar-refractivity contribution in [2.45, 2.75) is 64.5 Å². The Morgan fingerprint density at radius 3 is 2.42 bits per heavy atom. The minimum Gasteiger partial charge on any atom is -0.390 e. The van der Waals surface area contributed by atoms with E-state index < -0.39 is 12.1 Å². The Morgan fingerprint density at radius 2 is 1.71 bits per heavy atom. The second-order valence-electron chi connectivity index (χ2n) is 12.9. The second kappa shape index (κ2) is 15.8. The van der Waals surface area contributed by atoms with Gasteiger partial charge in [0, 0.05) is 72.1 Å². The number of urea groups is 1. The van der Waals surface area contributed by atoms with E-state index in [1.165, 1.54) is 16.7 Å². The maximum absolute atomic E-state index is 12.1. The number of ether oxygens (including phenoxy) is 1. The van der Waals surface area contributed by atoms with Crippen molar-refractivity contribution in [3.8, 4) is 11.3 Å². The normalized spacial score (nSPS) is 17.3. The molecule has 254 valence electrons. The molecule has 2 amide bonds. The summed E-state index contributed by atoms with van der Waals surface area (Å²) in [6, 6.07) is 22.4. The molecule has 2 aliphatic rings. The maximum Gasteiger partial charge on any atom is 0.315 e.